The minimum Gasteiger partial charge on any atom is -0.480 e. The average Bonchev–Trinajstić information content (AvgIpc) is 2.49. The van der Waals surface area contributed by atoms with Gasteiger partial charge in [-0.2, -0.15) is 4.98 Å². The summed E-state index contributed by atoms with van der Waals surface area (Å²) in [4.78, 5) is 14.5. The van der Waals surface area contributed by atoms with E-state index in [-0.39, 0.29) is 16.5 Å². The summed E-state index contributed by atoms with van der Waals surface area (Å²) < 4.78 is 19.5. The minimum atomic E-state index is -0.656. The van der Waals surface area contributed by atoms with Crippen LogP contribution in [-0.2, 0) is 0 Å². The fourth-order valence-corrected chi connectivity index (χ4v) is 2.56. The third kappa shape index (κ3) is 2.98. The summed E-state index contributed by atoms with van der Waals surface area (Å²) >= 11 is 7.15. The third-order valence-electron chi connectivity index (χ3n) is 2.97. The first-order chi connectivity index (χ1) is 10.0. The van der Waals surface area contributed by atoms with Gasteiger partial charge in [0.25, 0.3) is 0 Å². The monoisotopic (exact) mass is 330 g/mol. The Morgan fingerprint density at radius 3 is 2.62 bits per heavy atom. The zero-order valence-corrected chi connectivity index (χ0v) is 13.8. The topological polar surface area (TPSA) is 51.1 Å². The first-order valence-corrected chi connectivity index (χ1v) is 7.99. The molecule has 5 nitrogen and oxygen atoms in total. The molecule has 0 radical (unpaired) electrons. The van der Waals surface area contributed by atoms with Gasteiger partial charge in [0.2, 0.25) is 5.88 Å². The number of aromatic nitrogens is 3. The molecule has 0 N–H and O–H groups in total. The largest absolute Gasteiger partial charge is 0.480 e. The number of fused-ring (bicyclic) bond motifs is 1. The van der Waals surface area contributed by atoms with Crippen LogP contribution in [0.3, 0.4) is 0 Å². The Bertz CT molecular complexity index is 670. The number of thioether (sulfide) groups is 1. The van der Waals surface area contributed by atoms with E-state index in [0.717, 1.165) is 13.0 Å². The molecule has 2 rings (SSSR count). The Hall–Kier alpha value is -1.34. The molecule has 0 aliphatic heterocycles. The van der Waals surface area contributed by atoms with Crippen LogP contribution in [0, 0.1) is 5.82 Å². The van der Waals surface area contributed by atoms with Crippen LogP contribution in [0.5, 0.6) is 5.88 Å². The summed E-state index contributed by atoms with van der Waals surface area (Å²) in [6, 6.07) is 0. The van der Waals surface area contributed by atoms with Crippen LogP contribution in [0.25, 0.3) is 10.9 Å². The average molecular weight is 331 g/mol. The van der Waals surface area contributed by atoms with Gasteiger partial charge in [-0.15, -0.1) is 0 Å². The van der Waals surface area contributed by atoms with Crippen LogP contribution in [0.4, 0.5) is 10.2 Å². The van der Waals surface area contributed by atoms with E-state index in [1.54, 1.807) is 0 Å². The van der Waals surface area contributed by atoms with Crippen LogP contribution in [-0.4, -0.2) is 41.9 Å². The number of anilines is 1. The van der Waals surface area contributed by atoms with E-state index in [4.69, 9.17) is 16.3 Å². The molecule has 0 saturated carbocycles. The summed E-state index contributed by atoms with van der Waals surface area (Å²) in [5, 5.41) is 0.658. The summed E-state index contributed by atoms with van der Waals surface area (Å²) in [5.74, 6) is 0.157. The van der Waals surface area contributed by atoms with Crippen molar-refractivity contribution in [3.63, 3.8) is 0 Å². The number of rotatable bonds is 5. The molecule has 2 heterocycles. The molecule has 114 valence electrons. The lowest BCUT2D eigenvalue weighted by molar-refractivity contribution is 0.401. The first-order valence-electron chi connectivity index (χ1n) is 6.39. The second-order valence-electron chi connectivity index (χ2n) is 4.40. The number of methoxy groups -OCH3 is 1. The van der Waals surface area contributed by atoms with E-state index in [0.29, 0.717) is 16.4 Å². The molecule has 0 atom stereocenters. The third-order valence-corrected chi connectivity index (χ3v) is 3.77. The molecule has 0 saturated heterocycles. The molecular weight excluding hydrogens is 315 g/mol. The normalized spacial score (nSPS) is 11.0. The zero-order valence-electron chi connectivity index (χ0n) is 12.3. The van der Waals surface area contributed by atoms with Gasteiger partial charge in [0.1, 0.15) is 16.7 Å². The van der Waals surface area contributed by atoms with E-state index in [9.17, 15) is 4.39 Å². The van der Waals surface area contributed by atoms with Crippen molar-refractivity contribution in [1.29, 1.82) is 0 Å². The summed E-state index contributed by atoms with van der Waals surface area (Å²) in [6.07, 6.45) is 2.77. The molecule has 8 heteroatoms. The van der Waals surface area contributed by atoms with Crippen LogP contribution in [0.15, 0.2) is 5.16 Å². The van der Waals surface area contributed by atoms with Crippen LogP contribution in [0.2, 0.25) is 5.15 Å². The van der Waals surface area contributed by atoms with Crippen molar-refractivity contribution in [2.75, 3.05) is 31.9 Å². The van der Waals surface area contributed by atoms with Crippen molar-refractivity contribution >= 4 is 40.1 Å². The maximum Gasteiger partial charge on any atom is 0.228 e. The molecule has 0 spiro atoms. The molecule has 0 aliphatic rings. The minimum absolute atomic E-state index is 0.129. The van der Waals surface area contributed by atoms with E-state index in [1.807, 2.05) is 18.2 Å². The van der Waals surface area contributed by atoms with Gasteiger partial charge < -0.3 is 9.64 Å². The summed E-state index contributed by atoms with van der Waals surface area (Å²) in [7, 11) is 3.35. The Kier molecular flexibility index (Phi) is 5.05. The molecular formula is C13H16ClFN4OS. The zero-order chi connectivity index (χ0) is 15.6. The van der Waals surface area contributed by atoms with Gasteiger partial charge in [-0.05, 0) is 12.7 Å². The predicted octanol–water partition coefficient (Wildman–Crippen LogP) is 3.39. The van der Waals surface area contributed by atoms with E-state index in [1.165, 1.54) is 18.9 Å². The van der Waals surface area contributed by atoms with Crippen LogP contribution in [0.1, 0.15) is 13.3 Å². The lowest BCUT2D eigenvalue weighted by Gasteiger charge is -2.20. The molecule has 0 unspecified atom stereocenters. The summed E-state index contributed by atoms with van der Waals surface area (Å²) in [6.45, 7) is 2.83. The molecule has 2 aromatic rings. The molecule has 0 aromatic carbocycles. The highest BCUT2D eigenvalue weighted by atomic mass is 35.5. The van der Waals surface area contributed by atoms with Crippen molar-refractivity contribution in [2.24, 2.45) is 0 Å². The second-order valence-corrected chi connectivity index (χ2v) is 5.54. The summed E-state index contributed by atoms with van der Waals surface area (Å²) in [5.41, 5.74) is 0.129. The molecule has 0 aliphatic carbocycles. The quantitative estimate of drug-likeness (QED) is 0.476. The van der Waals surface area contributed by atoms with Crippen LogP contribution < -0.4 is 9.64 Å². The van der Waals surface area contributed by atoms with Crippen molar-refractivity contribution in [3.05, 3.63) is 11.0 Å². The number of halogens is 2. The lowest BCUT2D eigenvalue weighted by atomic mass is 10.2. The van der Waals surface area contributed by atoms with Gasteiger partial charge in [-0.1, -0.05) is 30.3 Å². The molecule has 0 amide bonds. The van der Waals surface area contributed by atoms with Crippen molar-refractivity contribution < 1.29 is 9.13 Å². The van der Waals surface area contributed by atoms with Crippen molar-refractivity contribution in [3.8, 4) is 5.88 Å². The van der Waals surface area contributed by atoms with Crippen molar-refractivity contribution in [1.82, 2.24) is 15.0 Å². The molecule has 0 fully saturated rings. The van der Waals surface area contributed by atoms with Gasteiger partial charge in [0.15, 0.2) is 16.1 Å². The van der Waals surface area contributed by atoms with Crippen LogP contribution >= 0.6 is 23.4 Å². The van der Waals surface area contributed by atoms with Crippen molar-refractivity contribution in [2.45, 2.75) is 18.5 Å². The van der Waals surface area contributed by atoms with Gasteiger partial charge in [0, 0.05) is 13.6 Å². The number of ether oxygens (including phenoxy) is 1. The van der Waals surface area contributed by atoms with Gasteiger partial charge in [-0.3, -0.25) is 0 Å². The second kappa shape index (κ2) is 6.62. The number of nitrogens with zero attached hydrogens (tertiary/aromatic N) is 4. The van der Waals surface area contributed by atoms with E-state index >= 15 is 0 Å². The van der Waals surface area contributed by atoms with Gasteiger partial charge >= 0.3 is 0 Å². The fourth-order valence-electron chi connectivity index (χ4n) is 2.03. The fraction of sp³-hybridized carbons (Fsp3) is 0.462. The molecule has 21 heavy (non-hydrogen) atoms. The standard InChI is InChI=1S/C13H16ClFN4OS/c1-5-6-19(2)11-7-9(16-13(18-11)21-4)8(15)10(14)17-12(7)20-3/h5-6H2,1-4H3. The smallest absolute Gasteiger partial charge is 0.228 e. The highest BCUT2D eigenvalue weighted by molar-refractivity contribution is 7.98. The predicted molar refractivity (Wildman–Crippen MR) is 84.2 cm³/mol. The maximum absolute atomic E-state index is 14.3. The Morgan fingerprint density at radius 2 is 2.05 bits per heavy atom. The number of hydrogen-bond acceptors (Lipinski definition) is 6. The first kappa shape index (κ1) is 16.0. The van der Waals surface area contributed by atoms with E-state index in [2.05, 4.69) is 21.9 Å². The van der Waals surface area contributed by atoms with E-state index < -0.39 is 5.82 Å². The molecule has 0 bridgehead atoms. The molecule has 2 aromatic heterocycles. The Balaban J connectivity index is 2.84. The SMILES string of the molecule is CCCN(C)c1nc(SC)nc2c(F)c(Cl)nc(OC)c12. The maximum atomic E-state index is 14.3. The Morgan fingerprint density at radius 1 is 1.33 bits per heavy atom. The van der Waals surface area contributed by atoms with Gasteiger partial charge in [-0.25, -0.2) is 14.4 Å². The number of hydrogen-bond donors (Lipinski definition) is 0. The Labute approximate surface area is 131 Å². The number of pyridine rings is 1. The highest BCUT2D eigenvalue weighted by Gasteiger charge is 2.22. The highest BCUT2D eigenvalue weighted by Crippen LogP contribution is 2.35. The van der Waals surface area contributed by atoms with Gasteiger partial charge in [0.05, 0.1) is 7.11 Å². The lowest BCUT2D eigenvalue weighted by Crippen LogP contribution is -2.20.